The van der Waals surface area contributed by atoms with Crippen LogP contribution < -0.4 is 0 Å². The standard InChI is InChI=1S/C3H7NO2.CH3NO2/c1-2-3-4(5)6;1-2(3)4/h2-3H2,1H3;1H3. The number of nitro groups is 2. The Kier molecular flexibility index (Phi) is 9.03. The van der Waals surface area contributed by atoms with E-state index >= 15 is 0 Å². The summed E-state index contributed by atoms with van der Waals surface area (Å²) in [6, 6.07) is 0. The van der Waals surface area contributed by atoms with E-state index in [0.29, 0.717) is 6.42 Å². The summed E-state index contributed by atoms with van der Waals surface area (Å²) in [5.74, 6) is 0. The molecule has 10 heavy (non-hydrogen) atoms. The van der Waals surface area contributed by atoms with Crippen molar-refractivity contribution in [3.63, 3.8) is 0 Å². The van der Waals surface area contributed by atoms with E-state index in [1.807, 2.05) is 0 Å². The van der Waals surface area contributed by atoms with Crippen LogP contribution in [-0.2, 0) is 0 Å². The first-order chi connectivity index (χ1) is 4.50. The second-order valence-corrected chi connectivity index (χ2v) is 1.50. The van der Waals surface area contributed by atoms with Crippen LogP contribution in [0.15, 0.2) is 0 Å². The lowest BCUT2D eigenvalue weighted by Crippen LogP contribution is -1.96. The third kappa shape index (κ3) is 70.6. The molecule has 0 aromatic carbocycles. The molecule has 0 aliphatic heterocycles. The molecule has 0 aliphatic carbocycles. The summed E-state index contributed by atoms with van der Waals surface area (Å²) in [4.78, 5) is 17.4. The maximum atomic E-state index is 9.40. The maximum absolute atomic E-state index is 9.40. The molecule has 0 N–H and O–H groups in total. The van der Waals surface area contributed by atoms with Gasteiger partial charge in [-0.1, -0.05) is 6.92 Å². The predicted molar refractivity (Wildman–Crippen MR) is 35.1 cm³/mol. The fourth-order valence-electron chi connectivity index (χ4n) is 0.183. The van der Waals surface area contributed by atoms with Gasteiger partial charge >= 0.3 is 0 Å². The van der Waals surface area contributed by atoms with Gasteiger partial charge in [0.1, 0.15) is 0 Å². The fourth-order valence-corrected chi connectivity index (χ4v) is 0.183. The second kappa shape index (κ2) is 7.80. The van der Waals surface area contributed by atoms with Crippen LogP contribution in [-0.4, -0.2) is 23.4 Å². The molecule has 0 atom stereocenters. The van der Waals surface area contributed by atoms with E-state index in [1.54, 1.807) is 6.92 Å². The highest BCUT2D eigenvalue weighted by atomic mass is 16.6. The van der Waals surface area contributed by atoms with Gasteiger partial charge in [-0.2, -0.15) is 0 Å². The molecule has 0 fully saturated rings. The molecule has 0 amide bonds. The molecule has 0 unspecified atom stereocenters. The number of rotatable bonds is 2. The first kappa shape index (κ1) is 11.6. The Morgan fingerprint density at radius 2 is 1.60 bits per heavy atom. The minimum Gasteiger partial charge on any atom is -0.265 e. The third-order valence-corrected chi connectivity index (χ3v) is 0.406. The van der Waals surface area contributed by atoms with Crippen LogP contribution in [0.1, 0.15) is 13.3 Å². The highest BCUT2D eigenvalue weighted by Crippen LogP contribution is 1.72. The average Bonchev–Trinajstić information content (AvgIpc) is 1.62. The first-order valence-corrected chi connectivity index (χ1v) is 2.70. The number of hydrogen-bond donors (Lipinski definition) is 0. The zero-order chi connectivity index (χ0) is 8.57. The largest absolute Gasteiger partial charge is 0.265 e. The van der Waals surface area contributed by atoms with Crippen molar-refractivity contribution in [2.24, 2.45) is 0 Å². The Labute approximate surface area is 58.1 Å². The van der Waals surface area contributed by atoms with Crippen molar-refractivity contribution in [2.75, 3.05) is 13.6 Å². The molecule has 0 saturated carbocycles. The minimum absolute atomic E-state index is 0.0972. The van der Waals surface area contributed by atoms with Gasteiger partial charge in [0.15, 0.2) is 7.05 Å². The van der Waals surface area contributed by atoms with Crippen LogP contribution >= 0.6 is 0 Å². The van der Waals surface area contributed by atoms with E-state index in [1.165, 1.54) is 0 Å². The van der Waals surface area contributed by atoms with E-state index in [-0.39, 0.29) is 11.5 Å². The van der Waals surface area contributed by atoms with Gasteiger partial charge in [-0.05, 0) is 0 Å². The number of nitrogens with zero attached hydrogens (tertiary/aromatic N) is 2. The van der Waals surface area contributed by atoms with Gasteiger partial charge < -0.3 is 0 Å². The molecule has 0 rings (SSSR count). The van der Waals surface area contributed by atoms with Gasteiger partial charge in [0.2, 0.25) is 6.54 Å². The zero-order valence-corrected chi connectivity index (χ0v) is 5.94. The fraction of sp³-hybridized carbons (Fsp3) is 1.00. The molecule has 0 spiro atoms. The number of hydrogen-bond acceptors (Lipinski definition) is 4. The Bertz CT molecular complexity index is 110. The van der Waals surface area contributed by atoms with E-state index in [2.05, 4.69) is 0 Å². The molecule has 60 valence electrons. The molecule has 0 aliphatic rings. The molecule has 0 radical (unpaired) electrons. The van der Waals surface area contributed by atoms with Crippen LogP contribution in [0.5, 0.6) is 0 Å². The summed E-state index contributed by atoms with van der Waals surface area (Å²) in [6.07, 6.45) is 0.632. The van der Waals surface area contributed by atoms with Gasteiger partial charge in [0, 0.05) is 16.3 Å². The summed E-state index contributed by atoms with van der Waals surface area (Å²) in [6.45, 7) is 1.88. The van der Waals surface area contributed by atoms with Crippen molar-refractivity contribution in [2.45, 2.75) is 13.3 Å². The third-order valence-electron chi connectivity index (χ3n) is 0.406. The topological polar surface area (TPSA) is 86.3 Å². The Balaban J connectivity index is 0. The Hall–Kier alpha value is -1.20. The lowest BCUT2D eigenvalue weighted by molar-refractivity contribution is -0.479. The Morgan fingerprint density at radius 3 is 1.60 bits per heavy atom. The van der Waals surface area contributed by atoms with Crippen LogP contribution in [0.2, 0.25) is 0 Å². The molecule has 6 heteroatoms. The SMILES string of the molecule is CCC[N+](=O)[O-].C[N+](=O)[O-]. The van der Waals surface area contributed by atoms with Gasteiger partial charge in [-0.25, -0.2) is 0 Å². The summed E-state index contributed by atoms with van der Waals surface area (Å²) >= 11 is 0. The van der Waals surface area contributed by atoms with Crippen LogP contribution in [0, 0.1) is 20.2 Å². The molecular formula is C4H10N2O4. The molecule has 0 bridgehead atoms. The smallest absolute Gasteiger partial charge is 0.203 e. The van der Waals surface area contributed by atoms with E-state index in [0.717, 1.165) is 7.05 Å². The van der Waals surface area contributed by atoms with E-state index in [4.69, 9.17) is 10.1 Å². The summed E-state index contributed by atoms with van der Waals surface area (Å²) in [5, 5.41) is 18.2. The molecule has 0 aromatic heterocycles. The van der Waals surface area contributed by atoms with Gasteiger partial charge in [-0.15, -0.1) is 0 Å². The van der Waals surface area contributed by atoms with Crippen molar-refractivity contribution >= 4 is 0 Å². The van der Waals surface area contributed by atoms with Crippen molar-refractivity contribution in [1.82, 2.24) is 0 Å². The lowest BCUT2D eigenvalue weighted by atomic mass is 10.5. The average molecular weight is 150 g/mol. The summed E-state index contributed by atoms with van der Waals surface area (Å²) in [7, 11) is 0.889. The second-order valence-electron chi connectivity index (χ2n) is 1.50. The predicted octanol–water partition coefficient (Wildman–Crippen LogP) is 0.566. The molecule has 0 saturated heterocycles. The highest BCUT2D eigenvalue weighted by Gasteiger charge is 1.85. The van der Waals surface area contributed by atoms with Crippen molar-refractivity contribution in [3.05, 3.63) is 20.2 Å². The van der Waals surface area contributed by atoms with Crippen molar-refractivity contribution in [1.29, 1.82) is 0 Å². The van der Waals surface area contributed by atoms with Crippen molar-refractivity contribution in [3.8, 4) is 0 Å². The normalized spacial score (nSPS) is 7.40. The molecule has 0 heterocycles. The van der Waals surface area contributed by atoms with Gasteiger partial charge in [0.25, 0.3) is 0 Å². The van der Waals surface area contributed by atoms with Crippen LogP contribution in [0.4, 0.5) is 0 Å². The quantitative estimate of drug-likeness (QED) is 0.425. The van der Waals surface area contributed by atoms with E-state index < -0.39 is 4.92 Å². The Morgan fingerprint density at radius 1 is 1.30 bits per heavy atom. The van der Waals surface area contributed by atoms with Crippen molar-refractivity contribution < 1.29 is 9.85 Å². The van der Waals surface area contributed by atoms with E-state index in [9.17, 15) is 10.1 Å². The molecule has 6 nitrogen and oxygen atoms in total. The minimum atomic E-state index is -0.500. The highest BCUT2D eigenvalue weighted by molar-refractivity contribution is 4.18. The zero-order valence-electron chi connectivity index (χ0n) is 5.94. The molecular weight excluding hydrogens is 140 g/mol. The van der Waals surface area contributed by atoms with Gasteiger partial charge in [0.05, 0.1) is 0 Å². The summed E-state index contributed by atoms with van der Waals surface area (Å²) in [5.41, 5.74) is 0. The van der Waals surface area contributed by atoms with Crippen LogP contribution in [0.3, 0.4) is 0 Å². The molecule has 0 aromatic rings. The first-order valence-electron chi connectivity index (χ1n) is 2.70. The maximum Gasteiger partial charge on any atom is 0.203 e. The lowest BCUT2D eigenvalue weighted by Gasteiger charge is -1.80. The summed E-state index contributed by atoms with van der Waals surface area (Å²) < 4.78 is 0. The van der Waals surface area contributed by atoms with Crippen LogP contribution in [0.25, 0.3) is 0 Å². The van der Waals surface area contributed by atoms with Gasteiger partial charge in [-0.3, -0.25) is 20.2 Å². The monoisotopic (exact) mass is 150 g/mol.